The van der Waals surface area contributed by atoms with Gasteiger partial charge in [0.1, 0.15) is 11.3 Å². The van der Waals surface area contributed by atoms with Crippen LogP contribution in [0.15, 0.2) is 23.1 Å². The van der Waals surface area contributed by atoms with Gasteiger partial charge in [-0.25, -0.2) is 17.5 Å². The van der Waals surface area contributed by atoms with E-state index in [2.05, 4.69) is 10.6 Å². The molecule has 1 heterocycles. The number of carbonyl (C=O) groups excluding carboxylic acids is 3. The molecule has 164 valence electrons. The van der Waals surface area contributed by atoms with Crippen molar-refractivity contribution in [2.45, 2.75) is 42.5 Å². The topological polar surface area (TPSA) is 125 Å². The molecule has 0 bridgehead atoms. The Morgan fingerprint density at radius 1 is 1.27 bits per heavy atom. The highest BCUT2D eigenvalue weighted by Crippen LogP contribution is 2.35. The molecule has 1 aliphatic carbocycles. The van der Waals surface area contributed by atoms with Crippen molar-refractivity contribution < 1.29 is 27.5 Å². The van der Waals surface area contributed by atoms with Crippen LogP contribution in [0, 0.1) is 0 Å². The summed E-state index contributed by atoms with van der Waals surface area (Å²) in [5, 5.41) is 5.38. The van der Waals surface area contributed by atoms with E-state index in [-0.39, 0.29) is 29.5 Å². The summed E-state index contributed by atoms with van der Waals surface area (Å²) in [4.78, 5) is 38.4. The molecular weight excluding hydrogens is 412 g/mol. The fourth-order valence-electron chi connectivity index (χ4n) is 3.78. The van der Waals surface area contributed by atoms with Crippen LogP contribution in [0.25, 0.3) is 0 Å². The van der Waals surface area contributed by atoms with Gasteiger partial charge in [-0.2, -0.15) is 0 Å². The van der Waals surface area contributed by atoms with Crippen molar-refractivity contribution in [3.8, 4) is 5.75 Å². The number of benzene rings is 1. The first-order valence-corrected chi connectivity index (χ1v) is 11.1. The van der Waals surface area contributed by atoms with E-state index in [0.29, 0.717) is 18.6 Å². The Kier molecular flexibility index (Phi) is 6.04. The highest BCUT2D eigenvalue weighted by atomic mass is 32.2. The average molecular weight is 439 g/mol. The van der Waals surface area contributed by atoms with Gasteiger partial charge in [-0.05, 0) is 31.0 Å². The second kappa shape index (κ2) is 8.23. The zero-order chi connectivity index (χ0) is 22.1. The molecule has 1 spiro atoms. The third kappa shape index (κ3) is 3.99. The van der Waals surface area contributed by atoms with Crippen LogP contribution in [0.5, 0.6) is 5.75 Å². The van der Waals surface area contributed by atoms with Crippen LogP contribution >= 0.6 is 0 Å². The number of imide groups is 1. The second-order valence-electron chi connectivity index (χ2n) is 7.62. The fourth-order valence-corrected chi connectivity index (χ4v) is 4.71. The summed E-state index contributed by atoms with van der Waals surface area (Å²) in [6.45, 7) is -0.0593. The Hall–Kier alpha value is -2.66. The number of nitrogens with zero attached hydrogens (tertiary/aromatic N) is 2. The SMILES string of the molecule is COc1ccc(S(=O)(=O)N(C)C)cc1NC(=O)CCN1C(=O)NC2(CCCC2)C1=O. The van der Waals surface area contributed by atoms with E-state index in [9.17, 15) is 22.8 Å². The highest BCUT2D eigenvalue weighted by Gasteiger charge is 2.52. The lowest BCUT2D eigenvalue weighted by Crippen LogP contribution is -2.44. The standard InChI is InChI=1S/C19H26N4O6S/c1-22(2)30(27,28)13-6-7-15(29-3)14(12-13)20-16(24)8-11-23-17(25)19(21-18(23)26)9-4-5-10-19/h6-7,12H,4-5,8-11H2,1-3H3,(H,20,24)(H,21,26). The minimum absolute atomic E-state index is 0.000809. The van der Waals surface area contributed by atoms with Crippen molar-refractivity contribution in [3.63, 3.8) is 0 Å². The summed E-state index contributed by atoms with van der Waals surface area (Å²) >= 11 is 0. The molecule has 0 atom stereocenters. The molecule has 1 aromatic carbocycles. The Morgan fingerprint density at radius 3 is 2.53 bits per heavy atom. The van der Waals surface area contributed by atoms with E-state index in [4.69, 9.17) is 4.74 Å². The van der Waals surface area contributed by atoms with E-state index in [1.807, 2.05) is 0 Å². The minimum atomic E-state index is -3.69. The molecule has 0 aromatic heterocycles. The summed E-state index contributed by atoms with van der Waals surface area (Å²) < 4.78 is 31.0. The largest absolute Gasteiger partial charge is 0.495 e. The Morgan fingerprint density at radius 2 is 1.93 bits per heavy atom. The number of carbonyl (C=O) groups is 3. The van der Waals surface area contributed by atoms with Crippen molar-refractivity contribution >= 4 is 33.6 Å². The Labute approximate surface area is 175 Å². The van der Waals surface area contributed by atoms with Gasteiger partial charge in [0.2, 0.25) is 15.9 Å². The molecule has 1 saturated carbocycles. The van der Waals surface area contributed by atoms with Crippen molar-refractivity contribution in [3.05, 3.63) is 18.2 Å². The molecule has 1 saturated heterocycles. The van der Waals surface area contributed by atoms with Crippen LogP contribution in [0.4, 0.5) is 10.5 Å². The first kappa shape index (κ1) is 22.0. The average Bonchev–Trinajstić information content (AvgIpc) is 3.25. The molecule has 4 amide bonds. The van der Waals surface area contributed by atoms with Gasteiger partial charge in [0.25, 0.3) is 5.91 Å². The maximum atomic E-state index is 12.6. The normalized spacial score (nSPS) is 18.2. The molecule has 30 heavy (non-hydrogen) atoms. The summed E-state index contributed by atoms with van der Waals surface area (Å²) in [7, 11) is 0.529. The first-order valence-electron chi connectivity index (χ1n) is 9.65. The fraction of sp³-hybridized carbons (Fsp3) is 0.526. The van der Waals surface area contributed by atoms with Crippen LogP contribution in [-0.4, -0.2) is 68.8 Å². The summed E-state index contributed by atoms with van der Waals surface area (Å²) in [5.41, 5.74) is -0.624. The van der Waals surface area contributed by atoms with Gasteiger partial charge >= 0.3 is 6.03 Å². The van der Waals surface area contributed by atoms with Crippen LogP contribution < -0.4 is 15.4 Å². The van der Waals surface area contributed by atoms with Gasteiger partial charge in [-0.3, -0.25) is 14.5 Å². The zero-order valence-corrected chi connectivity index (χ0v) is 18.0. The van der Waals surface area contributed by atoms with Crippen LogP contribution in [-0.2, 0) is 19.6 Å². The van der Waals surface area contributed by atoms with Crippen molar-refractivity contribution in [2.24, 2.45) is 0 Å². The van der Waals surface area contributed by atoms with Gasteiger partial charge in [0.15, 0.2) is 0 Å². The smallest absolute Gasteiger partial charge is 0.325 e. The molecule has 10 nitrogen and oxygen atoms in total. The minimum Gasteiger partial charge on any atom is -0.495 e. The van der Waals surface area contributed by atoms with Crippen molar-refractivity contribution in [1.29, 1.82) is 0 Å². The number of amides is 4. The maximum absolute atomic E-state index is 12.6. The Balaban J connectivity index is 1.69. The number of sulfonamides is 1. The number of ether oxygens (including phenoxy) is 1. The monoisotopic (exact) mass is 438 g/mol. The maximum Gasteiger partial charge on any atom is 0.325 e. The number of anilines is 1. The van der Waals surface area contributed by atoms with Gasteiger partial charge in [-0.1, -0.05) is 12.8 Å². The van der Waals surface area contributed by atoms with Gasteiger partial charge in [-0.15, -0.1) is 0 Å². The number of nitrogens with one attached hydrogen (secondary N) is 2. The van der Waals surface area contributed by atoms with E-state index >= 15 is 0 Å². The third-order valence-electron chi connectivity index (χ3n) is 5.49. The van der Waals surface area contributed by atoms with Crippen LogP contribution in [0.2, 0.25) is 0 Å². The Bertz CT molecular complexity index is 969. The lowest BCUT2D eigenvalue weighted by Gasteiger charge is -2.20. The van der Waals surface area contributed by atoms with Gasteiger partial charge in [0.05, 0.1) is 17.7 Å². The van der Waals surface area contributed by atoms with E-state index < -0.39 is 27.5 Å². The van der Waals surface area contributed by atoms with Crippen LogP contribution in [0.1, 0.15) is 32.1 Å². The molecule has 1 aromatic rings. The number of hydrogen-bond donors (Lipinski definition) is 2. The van der Waals surface area contributed by atoms with Crippen LogP contribution in [0.3, 0.4) is 0 Å². The quantitative estimate of drug-likeness (QED) is 0.615. The van der Waals surface area contributed by atoms with E-state index in [1.165, 1.54) is 39.4 Å². The molecular formula is C19H26N4O6S. The molecule has 11 heteroatoms. The number of urea groups is 1. The third-order valence-corrected chi connectivity index (χ3v) is 7.30. The summed E-state index contributed by atoms with van der Waals surface area (Å²) in [5.74, 6) is -0.462. The molecule has 3 rings (SSSR count). The van der Waals surface area contributed by atoms with Crippen molar-refractivity contribution in [2.75, 3.05) is 33.1 Å². The summed E-state index contributed by atoms with van der Waals surface area (Å²) in [6.07, 6.45) is 2.87. The predicted octanol–water partition coefficient (Wildman–Crippen LogP) is 1.14. The van der Waals surface area contributed by atoms with E-state index in [0.717, 1.165) is 22.0 Å². The second-order valence-corrected chi connectivity index (χ2v) is 9.78. The van der Waals surface area contributed by atoms with Gasteiger partial charge < -0.3 is 15.4 Å². The predicted molar refractivity (Wildman–Crippen MR) is 109 cm³/mol. The lowest BCUT2D eigenvalue weighted by molar-refractivity contribution is -0.131. The van der Waals surface area contributed by atoms with Crippen molar-refractivity contribution in [1.82, 2.24) is 14.5 Å². The summed E-state index contributed by atoms with van der Waals surface area (Å²) in [6, 6.07) is 3.67. The molecule has 2 aliphatic rings. The number of hydrogen-bond acceptors (Lipinski definition) is 6. The van der Waals surface area contributed by atoms with E-state index in [1.54, 1.807) is 0 Å². The highest BCUT2D eigenvalue weighted by molar-refractivity contribution is 7.89. The molecule has 0 unspecified atom stereocenters. The first-order chi connectivity index (χ1) is 14.1. The number of methoxy groups -OCH3 is 1. The molecule has 1 aliphatic heterocycles. The number of rotatable bonds is 7. The van der Waals surface area contributed by atoms with Gasteiger partial charge in [0, 0.05) is 27.1 Å². The lowest BCUT2D eigenvalue weighted by atomic mass is 9.98. The zero-order valence-electron chi connectivity index (χ0n) is 17.2. The molecule has 2 fully saturated rings. The molecule has 0 radical (unpaired) electrons. The molecule has 2 N–H and O–H groups in total.